The molecule has 4 aromatic carbocycles. The normalized spacial score (nSPS) is 20.8. The lowest BCUT2D eigenvalue weighted by atomic mass is 9.58. The smallest absolute Gasteiger partial charge is 0.455 e. The first-order valence-electron chi connectivity index (χ1n) is 21.4. The summed E-state index contributed by atoms with van der Waals surface area (Å²) in [6, 6.07) is 34.7. The number of carbonyl (C=O) groups is 3. The number of benzene rings is 4. The van der Waals surface area contributed by atoms with Gasteiger partial charge in [0.05, 0.1) is 24.5 Å². The van der Waals surface area contributed by atoms with Gasteiger partial charge in [-0.2, -0.15) is 0 Å². The zero-order chi connectivity index (χ0) is 43.3. The molecule has 0 spiro atoms. The van der Waals surface area contributed by atoms with Gasteiger partial charge in [0.2, 0.25) is 11.8 Å². The van der Waals surface area contributed by atoms with Gasteiger partial charge in [-0.05, 0) is 99.7 Å². The number of allylic oxidation sites excluding steroid dienone is 1. The monoisotopic (exact) mass is 843 g/mol. The van der Waals surface area contributed by atoms with Crippen molar-refractivity contribution in [1.29, 1.82) is 0 Å². The summed E-state index contributed by atoms with van der Waals surface area (Å²) in [4.78, 5) is 41.2. The molecule has 7 rings (SSSR count). The van der Waals surface area contributed by atoms with Gasteiger partial charge < -0.3 is 24.3 Å². The Morgan fingerprint density at radius 3 is 2.13 bits per heavy atom. The minimum Gasteiger partial charge on any atom is -0.505 e. The van der Waals surface area contributed by atoms with Gasteiger partial charge in [-0.15, -0.1) is 0 Å². The Bertz CT molecular complexity index is 2220. The van der Waals surface area contributed by atoms with Crippen molar-refractivity contribution >= 4 is 55.2 Å². The van der Waals surface area contributed by atoms with E-state index in [1.165, 1.54) is 17.0 Å². The van der Waals surface area contributed by atoms with Crippen LogP contribution < -0.4 is 10.4 Å². The predicted molar refractivity (Wildman–Crippen MR) is 238 cm³/mol. The third-order valence-corrected chi connectivity index (χ3v) is 17.7. The number of aliphatic carboxylic acids is 1. The van der Waals surface area contributed by atoms with Gasteiger partial charge in [0.15, 0.2) is 11.6 Å². The highest BCUT2D eigenvalue weighted by molar-refractivity contribution is 6.99. The van der Waals surface area contributed by atoms with Gasteiger partial charge in [0.1, 0.15) is 0 Å². The number of unbranched alkanes of at least 4 members (excludes halogenated alkanes) is 2. The second-order valence-corrected chi connectivity index (χ2v) is 21.9. The van der Waals surface area contributed by atoms with Crippen LogP contribution in [0.3, 0.4) is 0 Å². The highest BCUT2D eigenvalue weighted by Crippen LogP contribution is 2.51. The number of fused-ring (bicyclic) bond motifs is 3. The second kappa shape index (κ2) is 18.9. The van der Waals surface area contributed by atoms with Crippen molar-refractivity contribution in [3.63, 3.8) is 0 Å². The molecule has 3 N–H and O–H groups in total. The number of carboxylic acid groups (broad SMARTS) is 1. The number of phenols is 1. The van der Waals surface area contributed by atoms with Crippen LogP contribution >= 0.6 is 0 Å². The molecule has 0 saturated carbocycles. The van der Waals surface area contributed by atoms with Crippen LogP contribution in [0.5, 0.6) is 5.75 Å². The molecule has 2 amide bonds. The zero-order valence-corrected chi connectivity index (χ0v) is 36.1. The summed E-state index contributed by atoms with van der Waals surface area (Å²) >= 11 is 0. The number of rotatable bonds is 16. The Kier molecular flexibility index (Phi) is 13.6. The topological polar surface area (TPSA) is 134 Å². The molecular formula is C49H55BFNO8Si. The first kappa shape index (κ1) is 43.9. The van der Waals surface area contributed by atoms with Crippen molar-refractivity contribution < 1.29 is 43.1 Å². The van der Waals surface area contributed by atoms with Crippen molar-refractivity contribution in [1.82, 2.24) is 4.90 Å². The minimum absolute atomic E-state index is 0.0312. The molecule has 2 aliphatic heterocycles. The summed E-state index contributed by atoms with van der Waals surface area (Å²) in [6.07, 6.45) is 4.18. The fraction of sp³-hybridized carbons (Fsp3) is 0.367. The van der Waals surface area contributed by atoms with E-state index in [1.807, 2.05) is 72.8 Å². The molecule has 3 aliphatic rings. The number of likely N-dealkylation sites (tertiary alicyclic amines) is 1. The number of nitrogens with zero attached hydrogens (tertiary/aromatic N) is 1. The zero-order valence-electron chi connectivity index (χ0n) is 35.1. The number of hydrogen-bond donors (Lipinski definition) is 3. The summed E-state index contributed by atoms with van der Waals surface area (Å²) in [5, 5.41) is 32.3. The lowest BCUT2D eigenvalue weighted by Crippen LogP contribution is -2.66. The average Bonchev–Trinajstić information content (AvgIpc) is 3.48. The van der Waals surface area contributed by atoms with Crippen molar-refractivity contribution in [3.05, 3.63) is 137 Å². The first-order valence-corrected chi connectivity index (χ1v) is 23.3. The minimum atomic E-state index is -3.06. The van der Waals surface area contributed by atoms with Gasteiger partial charge in [-0.1, -0.05) is 130 Å². The standard InChI is InChI=1S/C49H55BFNO8Si/c1-49(2,3)61(37-18-10-5-11-19-37,38-20-12-6-13-21-38)59-32-36-30-39-46(48(57)52(47(39)56)27-15-7-14-22-44(54)55)40-31-50(58)60-43(45(36)40)26-24-35(34-16-8-4-9-17-34)28-33-23-25-42(53)41(51)29-33/h4-6,8-13,16-21,23,25,28-29,39-40,43,46,53,58H,7,14-15,22,24,26-27,30-32H2,1-3H3,(H,54,55)/b35-28-/t39-,40+,43-,46-/m1/s1. The fourth-order valence-corrected chi connectivity index (χ4v) is 14.5. The van der Waals surface area contributed by atoms with Crippen LogP contribution in [0.4, 0.5) is 4.39 Å². The van der Waals surface area contributed by atoms with E-state index in [4.69, 9.17) is 14.2 Å². The number of halogens is 1. The van der Waals surface area contributed by atoms with E-state index in [1.54, 1.807) is 6.07 Å². The summed E-state index contributed by atoms with van der Waals surface area (Å²) in [5.74, 6) is -4.30. The van der Waals surface area contributed by atoms with E-state index in [9.17, 15) is 28.9 Å². The number of carboxylic acids is 1. The number of hydrogen-bond acceptors (Lipinski definition) is 7. The maximum Gasteiger partial charge on any atom is 0.455 e. The maximum absolute atomic E-state index is 14.5. The fourth-order valence-electron chi connectivity index (χ4n) is 9.91. The average molecular weight is 844 g/mol. The molecule has 61 heavy (non-hydrogen) atoms. The van der Waals surface area contributed by atoms with E-state index < -0.39 is 56.8 Å². The van der Waals surface area contributed by atoms with Crippen molar-refractivity contribution in [2.45, 2.75) is 83.2 Å². The molecule has 4 atom stereocenters. The lowest BCUT2D eigenvalue weighted by Gasteiger charge is -2.46. The highest BCUT2D eigenvalue weighted by atomic mass is 28.4. The van der Waals surface area contributed by atoms with Crippen LogP contribution in [0.25, 0.3) is 11.6 Å². The second-order valence-electron chi connectivity index (χ2n) is 17.6. The van der Waals surface area contributed by atoms with E-state index in [2.05, 4.69) is 45.0 Å². The van der Waals surface area contributed by atoms with Crippen molar-refractivity contribution in [2.75, 3.05) is 13.2 Å². The molecule has 0 aromatic heterocycles. The molecule has 1 aliphatic carbocycles. The van der Waals surface area contributed by atoms with Gasteiger partial charge in [-0.3, -0.25) is 19.3 Å². The summed E-state index contributed by atoms with van der Waals surface area (Å²) < 4.78 is 28.5. The molecule has 2 fully saturated rings. The molecule has 2 heterocycles. The Morgan fingerprint density at radius 2 is 1.52 bits per heavy atom. The largest absolute Gasteiger partial charge is 0.505 e. The van der Waals surface area contributed by atoms with Crippen LogP contribution in [0.1, 0.15) is 76.8 Å². The van der Waals surface area contributed by atoms with Crippen molar-refractivity contribution in [3.8, 4) is 5.75 Å². The van der Waals surface area contributed by atoms with Crippen LogP contribution in [-0.2, 0) is 23.5 Å². The van der Waals surface area contributed by atoms with Crippen molar-refractivity contribution in [2.24, 2.45) is 17.8 Å². The molecule has 4 aromatic rings. The molecule has 0 unspecified atom stereocenters. The van der Waals surface area contributed by atoms with Gasteiger partial charge in [0.25, 0.3) is 8.32 Å². The highest BCUT2D eigenvalue weighted by Gasteiger charge is 2.58. The number of imide groups is 1. The Labute approximate surface area is 359 Å². The summed E-state index contributed by atoms with van der Waals surface area (Å²) in [7, 11) is -4.24. The Morgan fingerprint density at radius 1 is 0.885 bits per heavy atom. The predicted octanol–water partition coefficient (Wildman–Crippen LogP) is 7.87. The Balaban J connectivity index is 1.28. The summed E-state index contributed by atoms with van der Waals surface area (Å²) in [6.45, 7) is 7.05. The first-order chi connectivity index (χ1) is 29.3. The van der Waals surface area contributed by atoms with Crippen LogP contribution in [0, 0.1) is 23.6 Å². The molecule has 318 valence electrons. The van der Waals surface area contributed by atoms with Gasteiger partial charge >= 0.3 is 13.1 Å². The van der Waals surface area contributed by atoms with E-state index in [0.717, 1.165) is 32.7 Å². The third kappa shape index (κ3) is 9.38. The number of carbonyl (C=O) groups excluding carboxylic acids is 2. The molecule has 0 bridgehead atoms. The molecule has 12 heteroatoms. The lowest BCUT2D eigenvalue weighted by molar-refractivity contribution is -0.141. The SMILES string of the molecule is CC(C)(C)[Si](OCC1=C2[C@@H](CC/C(=C/c3ccc(O)c(F)c3)c3ccccc3)OB(O)C[C@@H]2[C@@H]2C(=O)N(CCCCCC(=O)O)C(=O)[C@@H]2C1)(c1ccccc1)c1ccccc1. The van der Waals surface area contributed by atoms with Crippen LogP contribution in [-0.4, -0.2) is 72.6 Å². The molecule has 9 nitrogen and oxygen atoms in total. The van der Waals surface area contributed by atoms with Crippen LogP contribution in [0.2, 0.25) is 11.4 Å². The van der Waals surface area contributed by atoms with Crippen LogP contribution in [0.15, 0.2) is 120 Å². The molecule has 2 saturated heterocycles. The number of aromatic hydroxyl groups is 1. The Hall–Kier alpha value is -5.14. The third-order valence-electron chi connectivity index (χ3n) is 12.7. The van der Waals surface area contributed by atoms with Gasteiger partial charge in [-0.25, -0.2) is 4.39 Å². The summed E-state index contributed by atoms with van der Waals surface area (Å²) in [5.41, 5.74) is 4.20. The van der Waals surface area contributed by atoms with Gasteiger partial charge in [0, 0.05) is 13.0 Å². The number of amides is 2. The molecule has 0 radical (unpaired) electrons. The molecular weight excluding hydrogens is 788 g/mol. The maximum atomic E-state index is 14.5. The van der Waals surface area contributed by atoms with E-state index >= 15 is 0 Å². The van der Waals surface area contributed by atoms with E-state index in [0.29, 0.717) is 44.1 Å². The van der Waals surface area contributed by atoms with E-state index in [-0.39, 0.29) is 42.7 Å². The quantitative estimate of drug-likeness (QED) is 0.0342. The number of phenolic OH excluding ortho intramolecular Hbond substituents is 1.